The quantitative estimate of drug-likeness (QED) is 0.514. The molecule has 0 atom stereocenters. The van der Waals surface area contributed by atoms with Gasteiger partial charge in [-0.2, -0.15) is 13.2 Å². The Morgan fingerprint density at radius 1 is 1.09 bits per heavy atom. The van der Waals surface area contributed by atoms with Crippen molar-refractivity contribution in [2.75, 3.05) is 0 Å². The normalized spacial score (nSPS) is 20.8. The molecule has 0 spiro atoms. The number of hydrogen-bond donors (Lipinski definition) is 0. The highest BCUT2D eigenvalue weighted by Crippen LogP contribution is 2.31. The number of hydrogen-bond acceptors (Lipinski definition) is 0. The van der Waals surface area contributed by atoms with E-state index in [1.54, 1.807) is 0 Å². The summed E-state index contributed by atoms with van der Waals surface area (Å²) in [5.41, 5.74) is -0.449. The van der Waals surface area contributed by atoms with Crippen molar-refractivity contribution in [3.8, 4) is 0 Å². The molecular formula is C8H10F3. The fourth-order valence-electron chi connectivity index (χ4n) is 1.17. The largest absolute Gasteiger partial charge is 0.412 e. The first-order valence-corrected chi connectivity index (χ1v) is 3.77. The number of rotatable bonds is 0. The second-order valence-electron chi connectivity index (χ2n) is 2.71. The van der Waals surface area contributed by atoms with E-state index in [2.05, 4.69) is 6.08 Å². The van der Waals surface area contributed by atoms with Gasteiger partial charge in [0.05, 0.1) is 0 Å². The monoisotopic (exact) mass is 163 g/mol. The van der Waals surface area contributed by atoms with Crippen molar-refractivity contribution in [1.82, 2.24) is 0 Å². The van der Waals surface area contributed by atoms with Crippen molar-refractivity contribution < 1.29 is 13.2 Å². The van der Waals surface area contributed by atoms with Gasteiger partial charge in [-0.3, -0.25) is 0 Å². The van der Waals surface area contributed by atoms with Crippen LogP contribution in [-0.4, -0.2) is 6.18 Å². The highest BCUT2D eigenvalue weighted by Gasteiger charge is 2.33. The Bertz CT molecular complexity index is 155. The molecule has 0 aromatic rings. The maximum Gasteiger partial charge on any atom is 0.412 e. The highest BCUT2D eigenvalue weighted by atomic mass is 19.4. The Balaban J connectivity index is 2.61. The van der Waals surface area contributed by atoms with Crippen LogP contribution in [0.1, 0.15) is 32.1 Å². The minimum atomic E-state index is -4.13. The van der Waals surface area contributed by atoms with Gasteiger partial charge in [-0.15, -0.1) is 0 Å². The predicted octanol–water partition coefficient (Wildman–Crippen LogP) is 3.24. The van der Waals surface area contributed by atoms with Crippen LogP contribution in [0.25, 0.3) is 0 Å². The Labute approximate surface area is 64.1 Å². The Morgan fingerprint density at radius 2 is 1.82 bits per heavy atom. The molecule has 0 unspecified atom stereocenters. The lowest BCUT2D eigenvalue weighted by Crippen LogP contribution is -2.11. The van der Waals surface area contributed by atoms with Crippen molar-refractivity contribution in [3.05, 3.63) is 11.6 Å². The molecule has 1 rings (SSSR count). The third-order valence-corrected chi connectivity index (χ3v) is 1.78. The molecule has 0 saturated carbocycles. The maximum absolute atomic E-state index is 12.0. The first kappa shape index (κ1) is 8.62. The fourth-order valence-corrected chi connectivity index (χ4v) is 1.17. The van der Waals surface area contributed by atoms with Crippen molar-refractivity contribution >= 4 is 0 Å². The van der Waals surface area contributed by atoms with Gasteiger partial charge >= 0.3 is 6.18 Å². The maximum atomic E-state index is 12.0. The Morgan fingerprint density at radius 3 is 2.45 bits per heavy atom. The van der Waals surface area contributed by atoms with Crippen LogP contribution < -0.4 is 0 Å². The van der Waals surface area contributed by atoms with Crippen LogP contribution in [-0.2, 0) is 0 Å². The van der Waals surface area contributed by atoms with Crippen molar-refractivity contribution in [3.63, 3.8) is 0 Å². The van der Waals surface area contributed by atoms with Gasteiger partial charge in [0, 0.05) is 5.57 Å². The third-order valence-electron chi connectivity index (χ3n) is 1.78. The summed E-state index contributed by atoms with van der Waals surface area (Å²) in [6.45, 7) is 0. The molecule has 1 aliphatic carbocycles. The van der Waals surface area contributed by atoms with Gasteiger partial charge in [0.2, 0.25) is 0 Å². The summed E-state index contributed by atoms with van der Waals surface area (Å²) in [4.78, 5) is 0. The molecule has 1 aliphatic rings. The molecule has 3 heteroatoms. The molecule has 0 N–H and O–H groups in total. The van der Waals surface area contributed by atoms with Crippen LogP contribution in [0.2, 0.25) is 0 Å². The van der Waals surface area contributed by atoms with Gasteiger partial charge < -0.3 is 0 Å². The average molecular weight is 163 g/mol. The molecule has 0 bridgehead atoms. The van der Waals surface area contributed by atoms with Crippen LogP contribution >= 0.6 is 0 Å². The molecule has 63 valence electrons. The number of alkyl halides is 3. The van der Waals surface area contributed by atoms with E-state index in [9.17, 15) is 13.2 Å². The van der Waals surface area contributed by atoms with Gasteiger partial charge in [0.1, 0.15) is 0 Å². The standard InChI is InChI=1S/C8H10F3/c9-8(10,11)7-5-3-1-2-4-6-7/h1-5H2. The van der Waals surface area contributed by atoms with Gasteiger partial charge in [-0.1, -0.05) is 6.42 Å². The summed E-state index contributed by atoms with van der Waals surface area (Å²) in [5.74, 6) is 0. The van der Waals surface area contributed by atoms with Crippen LogP contribution in [0.4, 0.5) is 13.2 Å². The van der Waals surface area contributed by atoms with Gasteiger partial charge in [0.15, 0.2) is 0 Å². The third kappa shape index (κ3) is 2.56. The van der Waals surface area contributed by atoms with E-state index in [0.717, 1.165) is 12.8 Å². The summed E-state index contributed by atoms with van der Waals surface area (Å²) < 4.78 is 36.1. The van der Waals surface area contributed by atoms with Crippen molar-refractivity contribution in [2.24, 2.45) is 0 Å². The number of allylic oxidation sites excluding steroid dienone is 2. The van der Waals surface area contributed by atoms with Gasteiger partial charge in [0.25, 0.3) is 0 Å². The fraction of sp³-hybridized carbons (Fsp3) is 0.750. The molecule has 0 amide bonds. The van der Waals surface area contributed by atoms with Crippen molar-refractivity contribution in [1.29, 1.82) is 0 Å². The first-order chi connectivity index (χ1) is 5.11. The molecule has 1 radical (unpaired) electrons. The highest BCUT2D eigenvalue weighted by molar-refractivity contribution is 5.05. The molecule has 0 aromatic heterocycles. The lowest BCUT2D eigenvalue weighted by Gasteiger charge is -2.08. The zero-order chi connectivity index (χ0) is 8.32. The summed E-state index contributed by atoms with van der Waals surface area (Å²) in [6, 6.07) is 0. The van der Waals surface area contributed by atoms with Gasteiger partial charge in [-0.05, 0) is 31.8 Å². The lowest BCUT2D eigenvalue weighted by atomic mass is 10.1. The Kier molecular flexibility index (Phi) is 2.58. The molecule has 0 aliphatic heterocycles. The lowest BCUT2D eigenvalue weighted by molar-refractivity contribution is -0.0946. The summed E-state index contributed by atoms with van der Waals surface area (Å²) in [6.07, 6.45) is 1.30. The van der Waals surface area contributed by atoms with E-state index >= 15 is 0 Å². The van der Waals surface area contributed by atoms with Crippen LogP contribution in [0.5, 0.6) is 0 Å². The van der Waals surface area contributed by atoms with Gasteiger partial charge in [-0.25, -0.2) is 0 Å². The minimum Gasteiger partial charge on any atom is -0.166 e. The molecule has 0 saturated heterocycles. The zero-order valence-corrected chi connectivity index (χ0v) is 6.17. The number of halogens is 3. The van der Waals surface area contributed by atoms with E-state index in [-0.39, 0.29) is 6.42 Å². The zero-order valence-electron chi connectivity index (χ0n) is 6.17. The van der Waals surface area contributed by atoms with E-state index in [1.165, 1.54) is 0 Å². The van der Waals surface area contributed by atoms with Crippen LogP contribution in [0.3, 0.4) is 0 Å². The molecular weight excluding hydrogens is 153 g/mol. The molecule has 0 heterocycles. The first-order valence-electron chi connectivity index (χ1n) is 3.77. The summed E-state index contributed by atoms with van der Waals surface area (Å²) in [7, 11) is 0. The van der Waals surface area contributed by atoms with E-state index in [4.69, 9.17) is 0 Å². The van der Waals surface area contributed by atoms with E-state index in [1.807, 2.05) is 0 Å². The summed E-state index contributed by atoms with van der Waals surface area (Å²) >= 11 is 0. The Hall–Kier alpha value is -0.470. The SMILES string of the molecule is FC(F)(F)C1=[C]CCCCC1. The second kappa shape index (κ2) is 3.28. The van der Waals surface area contributed by atoms with E-state index < -0.39 is 11.7 Å². The topological polar surface area (TPSA) is 0 Å². The average Bonchev–Trinajstić information content (AvgIpc) is 2.10. The molecule has 11 heavy (non-hydrogen) atoms. The predicted molar refractivity (Wildman–Crippen MR) is 35.9 cm³/mol. The minimum absolute atomic E-state index is 0.156. The molecule has 0 nitrogen and oxygen atoms in total. The van der Waals surface area contributed by atoms with E-state index in [0.29, 0.717) is 12.8 Å². The molecule has 0 aromatic carbocycles. The smallest absolute Gasteiger partial charge is 0.166 e. The van der Waals surface area contributed by atoms with Crippen LogP contribution in [0, 0.1) is 6.08 Å². The van der Waals surface area contributed by atoms with Crippen LogP contribution in [0.15, 0.2) is 5.57 Å². The second-order valence-corrected chi connectivity index (χ2v) is 2.71. The molecule has 0 fully saturated rings. The summed E-state index contributed by atoms with van der Waals surface area (Å²) in [5, 5.41) is 0. The van der Waals surface area contributed by atoms with Crippen molar-refractivity contribution in [2.45, 2.75) is 38.3 Å².